The second kappa shape index (κ2) is 6.92. The number of nitrogens with zero attached hydrogens (tertiary/aromatic N) is 3. The number of amides is 4. The standard InChI is InChI=1S/C26H33N3O4/c30-20(14-29-23(31)21-18-1-2-19(10-18)22(21)24(29)32)27-3-5-28(6-4-27)25(33)26-11-15-7-16(12-26)9-17(8-15)13-26/h1-2,15-19,21-22H,3-14H2. The van der Waals surface area contributed by atoms with Crippen LogP contribution in [0, 0.1) is 46.8 Å². The van der Waals surface area contributed by atoms with Crippen LogP contribution in [0.25, 0.3) is 0 Å². The zero-order chi connectivity index (χ0) is 22.5. The maximum atomic E-state index is 13.6. The first-order chi connectivity index (χ1) is 15.9. The SMILES string of the molecule is O=C(CN1C(=O)C2C3C=CC(C3)C2C1=O)N1CCN(C(=O)C23CC4CC(CC(C4)C2)C3)CC1. The number of fused-ring (bicyclic) bond motifs is 5. The highest BCUT2D eigenvalue weighted by atomic mass is 16.2. The van der Waals surface area contributed by atoms with Crippen LogP contribution in [0.1, 0.15) is 44.9 Å². The van der Waals surface area contributed by atoms with Crippen LogP contribution >= 0.6 is 0 Å². The van der Waals surface area contributed by atoms with Gasteiger partial charge in [0.05, 0.1) is 17.3 Å². The fourth-order valence-electron chi connectivity index (χ4n) is 9.22. The van der Waals surface area contributed by atoms with Gasteiger partial charge in [0.2, 0.25) is 23.6 Å². The molecule has 0 radical (unpaired) electrons. The molecule has 176 valence electrons. The van der Waals surface area contributed by atoms with Gasteiger partial charge in [0.25, 0.3) is 0 Å². The second-order valence-electron chi connectivity index (χ2n) is 12.1. The number of hydrogen-bond donors (Lipinski definition) is 0. The predicted octanol–water partition coefficient (Wildman–Crippen LogP) is 1.68. The Morgan fingerprint density at radius 3 is 1.76 bits per heavy atom. The van der Waals surface area contributed by atoms with Crippen molar-refractivity contribution in [1.29, 1.82) is 0 Å². The highest BCUT2D eigenvalue weighted by Crippen LogP contribution is 2.60. The molecule has 0 aromatic rings. The molecule has 7 heteroatoms. The van der Waals surface area contributed by atoms with E-state index in [4.69, 9.17) is 0 Å². The molecule has 6 bridgehead atoms. The van der Waals surface area contributed by atoms with Crippen LogP contribution in [-0.2, 0) is 19.2 Å². The summed E-state index contributed by atoms with van der Waals surface area (Å²) in [4.78, 5) is 57.4. The summed E-state index contributed by atoms with van der Waals surface area (Å²) in [5, 5.41) is 0. The van der Waals surface area contributed by atoms with Crippen molar-refractivity contribution in [3.63, 3.8) is 0 Å². The Bertz CT molecular complexity index is 899. The average molecular weight is 452 g/mol. The van der Waals surface area contributed by atoms with E-state index in [2.05, 4.69) is 12.2 Å². The van der Waals surface area contributed by atoms with Crippen molar-refractivity contribution in [2.45, 2.75) is 44.9 Å². The van der Waals surface area contributed by atoms with Gasteiger partial charge >= 0.3 is 0 Å². The lowest BCUT2D eigenvalue weighted by Gasteiger charge is -2.57. The van der Waals surface area contributed by atoms with Crippen LogP contribution in [-0.4, -0.2) is 71.1 Å². The Morgan fingerprint density at radius 2 is 1.24 bits per heavy atom. The van der Waals surface area contributed by atoms with Crippen molar-refractivity contribution in [1.82, 2.24) is 14.7 Å². The van der Waals surface area contributed by atoms with E-state index in [0.29, 0.717) is 32.1 Å². The normalized spacial score (nSPS) is 44.8. The van der Waals surface area contributed by atoms with Gasteiger partial charge in [-0.3, -0.25) is 24.1 Å². The first-order valence-corrected chi connectivity index (χ1v) is 13.0. The predicted molar refractivity (Wildman–Crippen MR) is 118 cm³/mol. The Hall–Kier alpha value is -2.18. The lowest BCUT2D eigenvalue weighted by Crippen LogP contribution is -2.59. The van der Waals surface area contributed by atoms with Gasteiger partial charge in [-0.25, -0.2) is 0 Å². The fourth-order valence-corrected chi connectivity index (χ4v) is 9.22. The second-order valence-corrected chi connectivity index (χ2v) is 12.1. The molecular weight excluding hydrogens is 418 g/mol. The number of imide groups is 1. The van der Waals surface area contributed by atoms with Gasteiger partial charge in [-0.1, -0.05) is 12.2 Å². The maximum Gasteiger partial charge on any atom is 0.242 e. The minimum atomic E-state index is -0.255. The third-order valence-electron chi connectivity index (χ3n) is 10.3. The first kappa shape index (κ1) is 20.2. The highest BCUT2D eigenvalue weighted by Gasteiger charge is 2.60. The van der Waals surface area contributed by atoms with Gasteiger partial charge in [-0.15, -0.1) is 0 Å². The van der Waals surface area contributed by atoms with E-state index < -0.39 is 0 Å². The summed E-state index contributed by atoms with van der Waals surface area (Å²) < 4.78 is 0. The number of carbonyl (C=O) groups is 4. The lowest BCUT2D eigenvalue weighted by atomic mass is 9.49. The number of likely N-dealkylation sites (tertiary alicyclic amines) is 1. The van der Waals surface area contributed by atoms with E-state index in [1.165, 1.54) is 24.2 Å². The highest BCUT2D eigenvalue weighted by molar-refractivity contribution is 6.08. The summed E-state index contributed by atoms with van der Waals surface area (Å²) in [5.41, 5.74) is -0.138. The van der Waals surface area contributed by atoms with E-state index >= 15 is 0 Å². The number of hydrogen-bond acceptors (Lipinski definition) is 4. The van der Waals surface area contributed by atoms with Crippen molar-refractivity contribution in [3.05, 3.63) is 12.2 Å². The topological polar surface area (TPSA) is 78.0 Å². The molecule has 7 nitrogen and oxygen atoms in total. The molecule has 4 atom stereocenters. The minimum absolute atomic E-state index is 0.138. The Morgan fingerprint density at radius 1 is 0.758 bits per heavy atom. The number of allylic oxidation sites excluding steroid dienone is 2. The minimum Gasteiger partial charge on any atom is -0.339 e. The van der Waals surface area contributed by atoms with E-state index in [9.17, 15) is 19.2 Å². The molecule has 2 heterocycles. The van der Waals surface area contributed by atoms with Gasteiger partial charge in [0.15, 0.2) is 0 Å². The molecule has 0 aromatic carbocycles. The molecule has 4 unspecified atom stereocenters. The summed E-state index contributed by atoms with van der Waals surface area (Å²) in [5.74, 6) is 1.87. The quantitative estimate of drug-likeness (QED) is 0.483. The van der Waals surface area contributed by atoms with Crippen LogP contribution in [0.15, 0.2) is 12.2 Å². The molecule has 8 rings (SSSR count). The molecule has 4 amide bonds. The monoisotopic (exact) mass is 451 g/mol. The number of piperazine rings is 1. The van der Waals surface area contributed by atoms with Crippen molar-refractivity contribution in [3.8, 4) is 0 Å². The van der Waals surface area contributed by atoms with Crippen LogP contribution < -0.4 is 0 Å². The van der Waals surface area contributed by atoms with Gasteiger partial charge in [-0.05, 0) is 74.5 Å². The van der Waals surface area contributed by atoms with Crippen LogP contribution in [0.2, 0.25) is 0 Å². The van der Waals surface area contributed by atoms with E-state index in [1.807, 2.05) is 4.90 Å². The third-order valence-corrected chi connectivity index (χ3v) is 10.3. The van der Waals surface area contributed by atoms with Gasteiger partial charge in [0.1, 0.15) is 6.54 Å². The van der Waals surface area contributed by atoms with Crippen molar-refractivity contribution < 1.29 is 19.2 Å². The summed E-state index contributed by atoms with van der Waals surface area (Å²) in [6.45, 7) is 1.97. The Balaban J connectivity index is 0.973. The molecule has 33 heavy (non-hydrogen) atoms. The molecular formula is C26H33N3O4. The number of rotatable bonds is 3. The molecule has 7 fully saturated rings. The van der Waals surface area contributed by atoms with Crippen molar-refractivity contribution in [2.75, 3.05) is 32.7 Å². The largest absolute Gasteiger partial charge is 0.339 e. The molecule has 0 N–H and O–H groups in total. The Labute approximate surface area is 194 Å². The lowest BCUT2D eigenvalue weighted by molar-refractivity contribution is -0.160. The zero-order valence-electron chi connectivity index (χ0n) is 19.2. The van der Waals surface area contributed by atoms with Crippen molar-refractivity contribution >= 4 is 23.6 Å². The summed E-state index contributed by atoms with van der Waals surface area (Å²) in [7, 11) is 0. The molecule has 8 aliphatic rings. The molecule has 2 aliphatic heterocycles. The first-order valence-electron chi connectivity index (χ1n) is 13.0. The van der Waals surface area contributed by atoms with Crippen LogP contribution in [0.5, 0.6) is 0 Å². The zero-order valence-corrected chi connectivity index (χ0v) is 19.2. The van der Waals surface area contributed by atoms with E-state index in [1.54, 1.807) is 4.90 Å². The van der Waals surface area contributed by atoms with E-state index in [0.717, 1.165) is 43.4 Å². The van der Waals surface area contributed by atoms with Crippen LogP contribution in [0.4, 0.5) is 0 Å². The fraction of sp³-hybridized carbons (Fsp3) is 0.769. The average Bonchev–Trinajstić information content (AvgIpc) is 3.48. The molecule has 2 saturated heterocycles. The molecule has 0 spiro atoms. The van der Waals surface area contributed by atoms with Gasteiger partial charge in [0, 0.05) is 26.2 Å². The van der Waals surface area contributed by atoms with Gasteiger partial charge < -0.3 is 9.80 Å². The van der Waals surface area contributed by atoms with Crippen molar-refractivity contribution in [2.24, 2.45) is 46.8 Å². The smallest absolute Gasteiger partial charge is 0.242 e. The molecule has 0 aromatic heterocycles. The Kier molecular flexibility index (Phi) is 4.24. The maximum absolute atomic E-state index is 13.6. The van der Waals surface area contributed by atoms with Gasteiger partial charge in [-0.2, -0.15) is 0 Å². The molecule has 6 aliphatic carbocycles. The molecule has 5 saturated carbocycles. The summed E-state index contributed by atoms with van der Waals surface area (Å²) >= 11 is 0. The van der Waals surface area contributed by atoms with E-state index in [-0.39, 0.29) is 53.4 Å². The number of carbonyl (C=O) groups excluding carboxylic acids is 4. The summed E-state index contributed by atoms with van der Waals surface area (Å²) in [6.07, 6.45) is 12.2. The third kappa shape index (κ3) is 2.86. The summed E-state index contributed by atoms with van der Waals surface area (Å²) in [6, 6.07) is 0. The van der Waals surface area contributed by atoms with Crippen LogP contribution in [0.3, 0.4) is 0 Å².